The zero-order chi connectivity index (χ0) is 8.97. The lowest BCUT2D eigenvalue weighted by atomic mass is 9.98. The lowest BCUT2D eigenvalue weighted by molar-refractivity contribution is 0.427. The predicted molar refractivity (Wildman–Crippen MR) is 54.0 cm³/mol. The Balaban J connectivity index is 2.06. The van der Waals surface area contributed by atoms with Gasteiger partial charge in [-0.3, -0.25) is 0 Å². The molecule has 0 saturated heterocycles. The van der Waals surface area contributed by atoms with Crippen molar-refractivity contribution in [2.24, 2.45) is 23.5 Å². The van der Waals surface area contributed by atoms with Crippen molar-refractivity contribution in [2.75, 3.05) is 6.54 Å². The van der Waals surface area contributed by atoms with Gasteiger partial charge in [-0.05, 0) is 43.6 Å². The third-order valence-electron chi connectivity index (χ3n) is 3.23. The van der Waals surface area contributed by atoms with Crippen LogP contribution in [-0.2, 0) is 0 Å². The maximum Gasteiger partial charge on any atom is -0.00772 e. The monoisotopic (exact) mass is 169 g/mol. The predicted octanol–water partition coefficient (Wildman–Crippen LogP) is 2.80. The van der Waals surface area contributed by atoms with E-state index >= 15 is 0 Å². The van der Waals surface area contributed by atoms with Gasteiger partial charge in [0.2, 0.25) is 0 Å². The first-order valence-corrected chi connectivity index (χ1v) is 5.49. The van der Waals surface area contributed by atoms with Crippen LogP contribution in [0.5, 0.6) is 0 Å². The van der Waals surface area contributed by atoms with Crippen LogP contribution in [-0.4, -0.2) is 6.54 Å². The number of rotatable bonds is 6. The molecule has 0 aromatic rings. The van der Waals surface area contributed by atoms with Gasteiger partial charge in [-0.15, -0.1) is 0 Å². The van der Waals surface area contributed by atoms with Crippen LogP contribution in [0.25, 0.3) is 0 Å². The molecule has 1 nitrogen and oxygen atoms in total. The molecule has 0 radical (unpaired) electrons. The van der Waals surface area contributed by atoms with Crippen LogP contribution in [0, 0.1) is 17.8 Å². The first-order chi connectivity index (χ1) is 5.79. The van der Waals surface area contributed by atoms with E-state index < -0.39 is 0 Å². The molecule has 0 aromatic heterocycles. The maximum atomic E-state index is 5.48. The molecule has 1 saturated carbocycles. The van der Waals surface area contributed by atoms with Crippen molar-refractivity contribution in [3.05, 3.63) is 0 Å². The van der Waals surface area contributed by atoms with E-state index in [4.69, 9.17) is 5.73 Å². The van der Waals surface area contributed by atoms with Gasteiger partial charge in [0.1, 0.15) is 0 Å². The van der Waals surface area contributed by atoms with Gasteiger partial charge in [-0.1, -0.05) is 26.7 Å². The zero-order valence-electron chi connectivity index (χ0n) is 8.55. The van der Waals surface area contributed by atoms with E-state index in [0.717, 1.165) is 24.3 Å². The lowest BCUT2D eigenvalue weighted by Gasteiger charge is -2.08. The quantitative estimate of drug-likeness (QED) is 0.650. The first-order valence-electron chi connectivity index (χ1n) is 5.49. The summed E-state index contributed by atoms with van der Waals surface area (Å²) in [4.78, 5) is 0. The minimum atomic E-state index is 0.880. The molecular weight excluding hydrogens is 146 g/mol. The van der Waals surface area contributed by atoms with Crippen LogP contribution in [0.3, 0.4) is 0 Å². The SMILES string of the molecule is CCC[C@H](C)C1CC1CCCN. The summed E-state index contributed by atoms with van der Waals surface area (Å²) in [5.74, 6) is 3.06. The average Bonchev–Trinajstić information content (AvgIpc) is 2.80. The van der Waals surface area contributed by atoms with E-state index in [9.17, 15) is 0 Å². The van der Waals surface area contributed by atoms with E-state index in [1.54, 1.807) is 0 Å². The summed E-state index contributed by atoms with van der Waals surface area (Å²) in [5.41, 5.74) is 5.48. The second-order valence-corrected chi connectivity index (χ2v) is 4.36. The van der Waals surface area contributed by atoms with Gasteiger partial charge in [0.05, 0.1) is 0 Å². The van der Waals surface area contributed by atoms with Crippen molar-refractivity contribution in [3.8, 4) is 0 Å². The summed E-state index contributed by atoms with van der Waals surface area (Å²) in [7, 11) is 0. The van der Waals surface area contributed by atoms with Crippen LogP contribution < -0.4 is 5.73 Å². The molecule has 1 rings (SSSR count). The molecule has 2 unspecified atom stereocenters. The number of nitrogens with two attached hydrogens (primary N) is 1. The van der Waals surface area contributed by atoms with E-state index in [0.29, 0.717) is 0 Å². The summed E-state index contributed by atoms with van der Waals surface area (Å²) >= 11 is 0. The Morgan fingerprint density at radius 3 is 2.83 bits per heavy atom. The Bertz CT molecular complexity index is 122. The summed E-state index contributed by atoms with van der Waals surface area (Å²) in [6.45, 7) is 5.58. The molecule has 1 aliphatic carbocycles. The fourth-order valence-corrected chi connectivity index (χ4v) is 2.35. The molecule has 1 aliphatic rings. The standard InChI is InChI=1S/C11H23N/c1-3-5-9(2)11-8-10(11)6-4-7-12/h9-11H,3-8,12H2,1-2H3/t9-,10?,11?/m0/s1. The molecule has 1 fully saturated rings. The summed E-state index contributed by atoms with van der Waals surface area (Å²) < 4.78 is 0. The average molecular weight is 169 g/mol. The van der Waals surface area contributed by atoms with Gasteiger partial charge in [0, 0.05) is 0 Å². The van der Waals surface area contributed by atoms with Gasteiger partial charge in [-0.2, -0.15) is 0 Å². The normalized spacial score (nSPS) is 30.2. The molecular formula is C11H23N. The molecule has 0 amide bonds. The first kappa shape index (κ1) is 10.0. The summed E-state index contributed by atoms with van der Waals surface area (Å²) in [6.07, 6.45) is 6.88. The largest absolute Gasteiger partial charge is 0.330 e. The van der Waals surface area contributed by atoms with E-state index in [1.807, 2.05) is 0 Å². The molecule has 0 heterocycles. The Labute approximate surface area is 76.7 Å². The Morgan fingerprint density at radius 2 is 2.25 bits per heavy atom. The van der Waals surface area contributed by atoms with Crippen LogP contribution in [0.4, 0.5) is 0 Å². The molecule has 0 aliphatic heterocycles. The van der Waals surface area contributed by atoms with Gasteiger partial charge >= 0.3 is 0 Å². The molecule has 12 heavy (non-hydrogen) atoms. The molecule has 0 bridgehead atoms. The number of hydrogen-bond donors (Lipinski definition) is 1. The highest BCUT2D eigenvalue weighted by molar-refractivity contribution is 4.89. The van der Waals surface area contributed by atoms with Crippen LogP contribution in [0.1, 0.15) is 46.0 Å². The Kier molecular flexibility index (Phi) is 4.07. The molecule has 1 heteroatoms. The van der Waals surface area contributed by atoms with Crippen LogP contribution in [0.15, 0.2) is 0 Å². The van der Waals surface area contributed by atoms with Gasteiger partial charge in [-0.25, -0.2) is 0 Å². The van der Waals surface area contributed by atoms with Crippen molar-refractivity contribution in [1.29, 1.82) is 0 Å². The molecule has 2 N–H and O–H groups in total. The second kappa shape index (κ2) is 4.86. The van der Waals surface area contributed by atoms with Crippen molar-refractivity contribution >= 4 is 0 Å². The minimum Gasteiger partial charge on any atom is -0.330 e. The van der Waals surface area contributed by atoms with E-state index in [2.05, 4.69) is 13.8 Å². The third kappa shape index (κ3) is 2.78. The zero-order valence-corrected chi connectivity index (χ0v) is 8.55. The van der Waals surface area contributed by atoms with E-state index in [1.165, 1.54) is 32.1 Å². The maximum absolute atomic E-state index is 5.48. The van der Waals surface area contributed by atoms with Crippen molar-refractivity contribution in [1.82, 2.24) is 0 Å². The highest BCUT2D eigenvalue weighted by Crippen LogP contribution is 2.48. The van der Waals surface area contributed by atoms with Gasteiger partial charge in [0.15, 0.2) is 0 Å². The molecule has 72 valence electrons. The number of hydrogen-bond acceptors (Lipinski definition) is 1. The molecule has 0 aromatic carbocycles. The third-order valence-corrected chi connectivity index (χ3v) is 3.23. The van der Waals surface area contributed by atoms with Crippen LogP contribution >= 0.6 is 0 Å². The second-order valence-electron chi connectivity index (χ2n) is 4.36. The lowest BCUT2D eigenvalue weighted by Crippen LogP contribution is -2.01. The topological polar surface area (TPSA) is 26.0 Å². The smallest absolute Gasteiger partial charge is 0.00772 e. The van der Waals surface area contributed by atoms with Gasteiger partial charge < -0.3 is 5.73 Å². The summed E-state index contributed by atoms with van der Waals surface area (Å²) in [6, 6.07) is 0. The molecule has 3 atom stereocenters. The minimum absolute atomic E-state index is 0.880. The fourth-order valence-electron chi connectivity index (χ4n) is 2.35. The Hall–Kier alpha value is -0.0400. The van der Waals surface area contributed by atoms with E-state index in [-0.39, 0.29) is 0 Å². The highest BCUT2D eigenvalue weighted by atomic mass is 14.5. The summed E-state index contributed by atoms with van der Waals surface area (Å²) in [5, 5.41) is 0. The Morgan fingerprint density at radius 1 is 1.50 bits per heavy atom. The van der Waals surface area contributed by atoms with Gasteiger partial charge in [0.25, 0.3) is 0 Å². The van der Waals surface area contributed by atoms with Crippen molar-refractivity contribution in [2.45, 2.75) is 46.0 Å². The van der Waals surface area contributed by atoms with Crippen LogP contribution in [0.2, 0.25) is 0 Å². The van der Waals surface area contributed by atoms with Crippen molar-refractivity contribution < 1.29 is 0 Å². The molecule has 0 spiro atoms. The highest BCUT2D eigenvalue weighted by Gasteiger charge is 2.39. The van der Waals surface area contributed by atoms with Crippen molar-refractivity contribution in [3.63, 3.8) is 0 Å². The fraction of sp³-hybridized carbons (Fsp3) is 1.00.